The highest BCUT2D eigenvalue weighted by molar-refractivity contribution is 7.58. The van der Waals surface area contributed by atoms with Crippen LogP contribution in [-0.2, 0) is 24.8 Å². The van der Waals surface area contributed by atoms with Crippen molar-refractivity contribution in [3.05, 3.63) is 41.5 Å². The normalized spacial score (nSPS) is 14.1. The number of ether oxygens (including phenoxy) is 1. The van der Waals surface area contributed by atoms with Crippen LogP contribution in [0, 0.1) is 5.92 Å². The Kier molecular flexibility index (Phi) is 8.29. The molecule has 0 spiro atoms. The molecule has 0 fully saturated rings. The zero-order valence-electron chi connectivity index (χ0n) is 14.5. The summed E-state index contributed by atoms with van der Waals surface area (Å²) in [6, 6.07) is 7.62. The second kappa shape index (κ2) is 9.69. The van der Waals surface area contributed by atoms with Crippen LogP contribution in [0.1, 0.15) is 38.8 Å². The van der Waals surface area contributed by atoms with Crippen LogP contribution >= 0.6 is 7.37 Å². The summed E-state index contributed by atoms with van der Waals surface area (Å²) in [6.07, 6.45) is 4.04. The molecule has 4 nitrogen and oxygen atoms in total. The van der Waals surface area contributed by atoms with Gasteiger partial charge in [-0.3, -0.25) is 4.57 Å². The monoisotopic (exact) mass is 338 g/mol. The molecule has 1 aromatic carbocycles. The van der Waals surface area contributed by atoms with E-state index in [0.717, 1.165) is 11.1 Å². The quantitative estimate of drug-likeness (QED) is 0.371. The first-order valence-electron chi connectivity index (χ1n) is 8.05. The maximum atomic E-state index is 13.0. The van der Waals surface area contributed by atoms with Crippen molar-refractivity contribution in [1.29, 1.82) is 0 Å². The Balaban J connectivity index is 2.99. The fraction of sp³-hybridized carbons (Fsp3) is 0.500. The molecule has 1 rings (SSSR count). The van der Waals surface area contributed by atoms with Crippen LogP contribution in [0.2, 0.25) is 0 Å². The Morgan fingerprint density at radius 3 is 2.52 bits per heavy atom. The van der Waals surface area contributed by atoms with Crippen molar-refractivity contribution < 1.29 is 18.6 Å². The van der Waals surface area contributed by atoms with Crippen LogP contribution in [0.5, 0.6) is 0 Å². The minimum atomic E-state index is -2.73. The van der Waals surface area contributed by atoms with Crippen LogP contribution in [-0.4, -0.2) is 25.3 Å². The molecule has 0 aromatic heterocycles. The van der Waals surface area contributed by atoms with E-state index < -0.39 is 7.37 Å². The second-order valence-electron chi connectivity index (χ2n) is 5.75. The summed E-state index contributed by atoms with van der Waals surface area (Å²) >= 11 is 0. The number of hydrogen-bond acceptors (Lipinski definition) is 4. The van der Waals surface area contributed by atoms with E-state index in [-0.39, 0.29) is 5.97 Å². The fourth-order valence-corrected chi connectivity index (χ4v) is 5.12. The molecule has 0 aliphatic carbocycles. The molecule has 0 heterocycles. The van der Waals surface area contributed by atoms with Crippen LogP contribution in [0.4, 0.5) is 0 Å². The SMILES string of the molecule is CCOC(=O)C=Cc1ccccc1CP(=O)(CC(C)C)OCC. The summed E-state index contributed by atoms with van der Waals surface area (Å²) in [4.78, 5) is 11.5. The average Bonchev–Trinajstić information content (AvgIpc) is 2.45. The highest BCUT2D eigenvalue weighted by Crippen LogP contribution is 2.52. The molecule has 0 aliphatic heterocycles. The van der Waals surface area contributed by atoms with Gasteiger partial charge in [0, 0.05) is 12.2 Å². The Hall–Kier alpha value is -1.38. The largest absolute Gasteiger partial charge is 0.463 e. The average molecular weight is 338 g/mol. The Morgan fingerprint density at radius 1 is 1.22 bits per heavy atom. The van der Waals surface area contributed by atoms with Gasteiger partial charge in [-0.15, -0.1) is 0 Å². The summed E-state index contributed by atoms with van der Waals surface area (Å²) < 4.78 is 23.5. The zero-order valence-corrected chi connectivity index (χ0v) is 15.3. The minimum absolute atomic E-state index is 0.301. The van der Waals surface area contributed by atoms with Crippen LogP contribution in [0.15, 0.2) is 30.3 Å². The first-order chi connectivity index (χ1) is 10.9. The first kappa shape index (κ1) is 19.7. The van der Waals surface area contributed by atoms with Gasteiger partial charge in [-0.2, -0.15) is 0 Å². The van der Waals surface area contributed by atoms with Crippen molar-refractivity contribution in [3.63, 3.8) is 0 Å². The van der Waals surface area contributed by atoms with Gasteiger partial charge in [0.25, 0.3) is 0 Å². The van der Waals surface area contributed by atoms with E-state index in [2.05, 4.69) is 0 Å². The standard InChI is InChI=1S/C18H27O4P/c1-5-21-18(19)12-11-16-9-7-8-10-17(16)14-23(20,22-6-2)13-15(3)4/h7-12,15H,5-6,13-14H2,1-4H3. The highest BCUT2D eigenvalue weighted by atomic mass is 31.2. The number of benzene rings is 1. The van der Waals surface area contributed by atoms with E-state index in [9.17, 15) is 9.36 Å². The third-order valence-electron chi connectivity index (χ3n) is 3.16. The molecule has 0 saturated carbocycles. The summed E-state index contributed by atoms with van der Waals surface area (Å²) in [7, 11) is -2.73. The van der Waals surface area contributed by atoms with Gasteiger partial charge in [-0.1, -0.05) is 38.1 Å². The number of rotatable bonds is 9. The van der Waals surface area contributed by atoms with Crippen molar-refractivity contribution in [1.82, 2.24) is 0 Å². The third-order valence-corrected chi connectivity index (χ3v) is 6.00. The third kappa shape index (κ3) is 7.15. The first-order valence-corrected chi connectivity index (χ1v) is 10.0. The van der Waals surface area contributed by atoms with E-state index in [4.69, 9.17) is 9.26 Å². The highest BCUT2D eigenvalue weighted by Gasteiger charge is 2.25. The van der Waals surface area contributed by atoms with E-state index in [1.807, 2.05) is 45.0 Å². The van der Waals surface area contributed by atoms with E-state index in [1.54, 1.807) is 13.0 Å². The fourth-order valence-electron chi connectivity index (χ4n) is 2.40. The number of carbonyl (C=O) groups excluding carboxylic acids is 1. The van der Waals surface area contributed by atoms with Gasteiger partial charge in [0.15, 0.2) is 0 Å². The number of hydrogen-bond donors (Lipinski definition) is 0. The Bertz CT molecular complexity index is 578. The lowest BCUT2D eigenvalue weighted by Gasteiger charge is -2.20. The van der Waals surface area contributed by atoms with Crippen LogP contribution in [0.25, 0.3) is 6.08 Å². The van der Waals surface area contributed by atoms with Gasteiger partial charge in [-0.25, -0.2) is 4.79 Å². The molecule has 0 bridgehead atoms. The molecule has 1 aromatic rings. The maximum absolute atomic E-state index is 13.0. The predicted molar refractivity (Wildman–Crippen MR) is 94.8 cm³/mol. The van der Waals surface area contributed by atoms with Crippen molar-refractivity contribution in [2.45, 2.75) is 33.9 Å². The molecule has 0 amide bonds. The van der Waals surface area contributed by atoms with Crippen LogP contribution in [0.3, 0.4) is 0 Å². The summed E-state index contributed by atoms with van der Waals surface area (Å²) in [5.74, 6) is -0.0768. The van der Waals surface area contributed by atoms with Crippen molar-refractivity contribution in [2.24, 2.45) is 5.92 Å². The lowest BCUT2D eigenvalue weighted by Crippen LogP contribution is -2.05. The van der Waals surface area contributed by atoms with Crippen molar-refractivity contribution >= 4 is 19.4 Å². The van der Waals surface area contributed by atoms with Gasteiger partial charge in [-0.05, 0) is 37.0 Å². The molecular formula is C18H27O4P. The molecule has 5 heteroatoms. The minimum Gasteiger partial charge on any atom is -0.463 e. The molecule has 1 unspecified atom stereocenters. The molecule has 0 N–H and O–H groups in total. The zero-order chi connectivity index (χ0) is 17.3. The van der Waals surface area contributed by atoms with Crippen molar-refractivity contribution in [3.8, 4) is 0 Å². The molecule has 23 heavy (non-hydrogen) atoms. The van der Waals surface area contributed by atoms with Gasteiger partial charge in [0.1, 0.15) is 0 Å². The van der Waals surface area contributed by atoms with E-state index >= 15 is 0 Å². The summed E-state index contributed by atoms with van der Waals surface area (Å²) in [5, 5.41) is 0. The smallest absolute Gasteiger partial charge is 0.330 e. The molecular weight excluding hydrogens is 311 g/mol. The summed E-state index contributed by atoms with van der Waals surface area (Å²) in [6.45, 7) is 8.49. The molecule has 0 aliphatic rings. The molecule has 0 radical (unpaired) electrons. The van der Waals surface area contributed by atoms with Crippen molar-refractivity contribution in [2.75, 3.05) is 19.4 Å². The molecule has 0 saturated heterocycles. The topological polar surface area (TPSA) is 52.6 Å². The maximum Gasteiger partial charge on any atom is 0.330 e. The Labute approximate surface area is 139 Å². The lowest BCUT2D eigenvalue weighted by molar-refractivity contribution is -0.137. The van der Waals surface area contributed by atoms with Gasteiger partial charge in [0.2, 0.25) is 7.37 Å². The lowest BCUT2D eigenvalue weighted by atomic mass is 10.1. The van der Waals surface area contributed by atoms with Gasteiger partial charge < -0.3 is 9.26 Å². The van der Waals surface area contributed by atoms with Gasteiger partial charge in [0.05, 0.1) is 19.4 Å². The summed E-state index contributed by atoms with van der Waals surface area (Å²) in [5.41, 5.74) is 1.79. The predicted octanol–water partition coefficient (Wildman–Crippen LogP) is 4.73. The number of carbonyl (C=O) groups is 1. The second-order valence-corrected chi connectivity index (χ2v) is 8.32. The molecule has 1 atom stereocenters. The molecule has 128 valence electrons. The van der Waals surface area contributed by atoms with E-state index in [1.165, 1.54) is 6.08 Å². The van der Waals surface area contributed by atoms with Gasteiger partial charge >= 0.3 is 5.97 Å². The Morgan fingerprint density at radius 2 is 1.91 bits per heavy atom. The van der Waals surface area contributed by atoms with Crippen LogP contribution < -0.4 is 0 Å². The number of esters is 1. The van der Waals surface area contributed by atoms with E-state index in [0.29, 0.717) is 31.5 Å².